The number of nitrogens with one attached hydrogen (secondary N) is 1. The van der Waals surface area contributed by atoms with E-state index in [0.717, 1.165) is 18.5 Å². The van der Waals surface area contributed by atoms with Crippen LogP contribution in [0.15, 0.2) is 36.7 Å². The van der Waals surface area contributed by atoms with Crippen LogP contribution in [0.5, 0.6) is 0 Å². The largest absolute Gasteiger partial charge is 0.363 e. The fraction of sp³-hybridized carbons (Fsp3) is 0.474. The maximum atomic E-state index is 12.8. The van der Waals surface area contributed by atoms with Gasteiger partial charge >= 0.3 is 0 Å². The second-order valence-electron chi connectivity index (χ2n) is 6.97. The quantitative estimate of drug-likeness (QED) is 0.865. The van der Waals surface area contributed by atoms with Crippen LogP contribution in [-0.4, -0.2) is 56.3 Å². The number of carbonyl (C=O) groups excluding carboxylic acids is 2. The monoisotopic (exact) mass is 369 g/mol. The minimum absolute atomic E-state index is 0.0206. The van der Waals surface area contributed by atoms with E-state index in [4.69, 9.17) is 4.74 Å². The summed E-state index contributed by atoms with van der Waals surface area (Å²) in [6.07, 6.45) is 4.87. The molecule has 4 rings (SSSR count). The molecule has 3 atom stereocenters. The second-order valence-corrected chi connectivity index (χ2v) is 6.97. The highest BCUT2D eigenvalue weighted by Crippen LogP contribution is 2.32. The summed E-state index contributed by atoms with van der Waals surface area (Å²) in [5.41, 5.74) is 1.39. The van der Waals surface area contributed by atoms with Crippen LogP contribution >= 0.6 is 0 Å². The van der Waals surface area contributed by atoms with Crippen molar-refractivity contribution in [3.8, 4) is 0 Å². The molecule has 2 fully saturated rings. The molecular formula is C19H23N5O3. The van der Waals surface area contributed by atoms with Crippen molar-refractivity contribution < 1.29 is 14.3 Å². The Kier molecular flexibility index (Phi) is 4.89. The maximum Gasteiger partial charge on any atom is 0.272 e. The van der Waals surface area contributed by atoms with E-state index in [0.29, 0.717) is 25.2 Å². The third-order valence-electron chi connectivity index (χ3n) is 5.31. The Bertz CT molecular complexity index is 822. The maximum absolute atomic E-state index is 12.8. The molecule has 2 aromatic rings. The first-order chi connectivity index (χ1) is 13.1. The van der Waals surface area contributed by atoms with Gasteiger partial charge in [0.2, 0.25) is 5.91 Å². The van der Waals surface area contributed by atoms with Crippen LogP contribution in [0.2, 0.25) is 0 Å². The number of hydrogen-bond acceptors (Lipinski definition) is 5. The number of likely N-dealkylation sites (tertiary alicyclic amines) is 1. The number of amides is 2. The molecule has 0 radical (unpaired) electrons. The molecule has 8 nitrogen and oxygen atoms in total. The Labute approximate surface area is 157 Å². The van der Waals surface area contributed by atoms with Gasteiger partial charge in [-0.3, -0.25) is 19.3 Å². The van der Waals surface area contributed by atoms with Crippen LogP contribution in [0.25, 0.3) is 0 Å². The molecule has 0 unspecified atom stereocenters. The first-order valence-electron chi connectivity index (χ1n) is 9.25. The molecule has 0 aromatic carbocycles. The van der Waals surface area contributed by atoms with Gasteiger partial charge in [0.1, 0.15) is 11.8 Å². The van der Waals surface area contributed by atoms with Crippen molar-refractivity contribution in [1.82, 2.24) is 25.0 Å². The molecule has 8 heteroatoms. The van der Waals surface area contributed by atoms with Gasteiger partial charge in [-0.2, -0.15) is 5.10 Å². The number of ether oxygens (including phenoxy) is 1. The van der Waals surface area contributed by atoms with Crippen LogP contribution in [0.1, 0.15) is 35.4 Å². The topological polar surface area (TPSA) is 89.4 Å². The minimum atomic E-state index is -0.471. The van der Waals surface area contributed by atoms with E-state index in [9.17, 15) is 9.59 Å². The van der Waals surface area contributed by atoms with Gasteiger partial charge in [0.15, 0.2) is 0 Å². The third-order valence-corrected chi connectivity index (χ3v) is 5.31. The van der Waals surface area contributed by atoms with E-state index >= 15 is 0 Å². The lowest BCUT2D eigenvalue weighted by Gasteiger charge is -2.35. The molecule has 0 saturated carbocycles. The number of carbonyl (C=O) groups is 2. The molecule has 2 aromatic heterocycles. The SMILES string of the molecule is Cn1nccc1C(=O)N1CC[C@H]2O[C@@H](C(=O)NCc3ccccn3)CC[C@H]21. The number of aromatic nitrogens is 3. The summed E-state index contributed by atoms with van der Waals surface area (Å²) < 4.78 is 7.63. The molecule has 2 saturated heterocycles. The van der Waals surface area contributed by atoms with Crippen molar-refractivity contribution in [1.29, 1.82) is 0 Å². The number of hydrogen-bond donors (Lipinski definition) is 1. The van der Waals surface area contributed by atoms with Crippen molar-refractivity contribution in [2.45, 2.75) is 44.1 Å². The summed E-state index contributed by atoms with van der Waals surface area (Å²) in [7, 11) is 1.76. The minimum Gasteiger partial charge on any atom is -0.363 e. The van der Waals surface area contributed by atoms with Gasteiger partial charge in [-0.1, -0.05) is 6.07 Å². The van der Waals surface area contributed by atoms with Crippen LogP contribution in [-0.2, 0) is 23.1 Å². The second kappa shape index (κ2) is 7.48. The van der Waals surface area contributed by atoms with Gasteiger partial charge in [0.05, 0.1) is 24.4 Å². The molecular weight excluding hydrogens is 346 g/mol. The van der Waals surface area contributed by atoms with Crippen molar-refractivity contribution >= 4 is 11.8 Å². The van der Waals surface area contributed by atoms with Crippen LogP contribution < -0.4 is 5.32 Å². The summed E-state index contributed by atoms with van der Waals surface area (Å²) in [5.74, 6) is -0.139. The zero-order valence-electron chi connectivity index (χ0n) is 15.2. The Morgan fingerprint density at radius 2 is 2.11 bits per heavy atom. The van der Waals surface area contributed by atoms with Gasteiger partial charge in [-0.05, 0) is 37.5 Å². The fourth-order valence-corrected chi connectivity index (χ4v) is 3.90. The molecule has 27 heavy (non-hydrogen) atoms. The summed E-state index contributed by atoms with van der Waals surface area (Å²) >= 11 is 0. The normalized spacial score (nSPS) is 24.5. The summed E-state index contributed by atoms with van der Waals surface area (Å²) in [4.78, 5) is 31.3. The number of nitrogens with zero attached hydrogens (tertiary/aromatic N) is 4. The zero-order chi connectivity index (χ0) is 18.8. The molecule has 2 aliphatic heterocycles. The first kappa shape index (κ1) is 17.7. The number of aryl methyl sites for hydroxylation is 1. The number of rotatable bonds is 4. The van der Waals surface area contributed by atoms with Crippen molar-refractivity contribution in [3.63, 3.8) is 0 Å². The third kappa shape index (κ3) is 3.57. The van der Waals surface area contributed by atoms with E-state index in [1.807, 2.05) is 23.1 Å². The molecule has 2 amide bonds. The summed E-state index contributed by atoms with van der Waals surface area (Å²) in [5, 5.41) is 6.97. The van der Waals surface area contributed by atoms with E-state index < -0.39 is 6.10 Å². The van der Waals surface area contributed by atoms with Crippen LogP contribution in [0, 0.1) is 0 Å². The van der Waals surface area contributed by atoms with Gasteiger partial charge in [-0.25, -0.2) is 0 Å². The van der Waals surface area contributed by atoms with E-state index in [-0.39, 0.29) is 24.0 Å². The van der Waals surface area contributed by atoms with Crippen LogP contribution in [0.4, 0.5) is 0 Å². The average molecular weight is 369 g/mol. The predicted octanol–water partition coefficient (Wildman–Crippen LogP) is 0.894. The van der Waals surface area contributed by atoms with Gasteiger partial charge in [-0.15, -0.1) is 0 Å². The van der Waals surface area contributed by atoms with Crippen LogP contribution in [0.3, 0.4) is 0 Å². The molecule has 0 bridgehead atoms. The lowest BCUT2D eigenvalue weighted by atomic mass is 9.98. The Morgan fingerprint density at radius 3 is 2.85 bits per heavy atom. The lowest BCUT2D eigenvalue weighted by molar-refractivity contribution is -0.143. The van der Waals surface area contributed by atoms with Gasteiger partial charge in [0.25, 0.3) is 5.91 Å². The number of pyridine rings is 1. The molecule has 2 aliphatic rings. The first-order valence-corrected chi connectivity index (χ1v) is 9.25. The molecule has 142 valence electrons. The van der Waals surface area contributed by atoms with E-state index in [1.165, 1.54) is 0 Å². The molecule has 0 aliphatic carbocycles. The molecule has 1 N–H and O–H groups in total. The van der Waals surface area contributed by atoms with Crippen molar-refractivity contribution in [2.75, 3.05) is 6.54 Å². The highest BCUT2D eigenvalue weighted by atomic mass is 16.5. The van der Waals surface area contributed by atoms with Gasteiger partial charge < -0.3 is 15.0 Å². The highest BCUT2D eigenvalue weighted by Gasteiger charge is 2.44. The fourth-order valence-electron chi connectivity index (χ4n) is 3.90. The summed E-state index contributed by atoms with van der Waals surface area (Å²) in [6.45, 7) is 1.03. The van der Waals surface area contributed by atoms with E-state index in [1.54, 1.807) is 30.2 Å². The van der Waals surface area contributed by atoms with Crippen molar-refractivity contribution in [3.05, 3.63) is 48.0 Å². The Balaban J connectivity index is 1.34. The lowest BCUT2D eigenvalue weighted by Crippen LogP contribution is -2.49. The highest BCUT2D eigenvalue weighted by molar-refractivity contribution is 5.93. The smallest absolute Gasteiger partial charge is 0.272 e. The van der Waals surface area contributed by atoms with Gasteiger partial charge in [0, 0.05) is 26.0 Å². The number of fused-ring (bicyclic) bond motifs is 1. The van der Waals surface area contributed by atoms with Crippen molar-refractivity contribution in [2.24, 2.45) is 7.05 Å². The average Bonchev–Trinajstić information content (AvgIpc) is 3.32. The molecule has 0 spiro atoms. The Morgan fingerprint density at radius 1 is 1.22 bits per heavy atom. The molecule has 4 heterocycles. The Hall–Kier alpha value is -2.74. The zero-order valence-corrected chi connectivity index (χ0v) is 15.2. The summed E-state index contributed by atoms with van der Waals surface area (Å²) in [6, 6.07) is 7.35. The standard InChI is InChI=1S/C19H23N5O3/c1-23-15(7-10-22-23)19(26)24-11-8-16-14(24)5-6-17(27-16)18(25)21-12-13-4-2-3-9-20-13/h2-4,7,9-10,14,16-17H,5-6,8,11-12H2,1H3,(H,21,25)/t14-,16-,17-/m1/s1. The van der Waals surface area contributed by atoms with E-state index in [2.05, 4.69) is 15.4 Å². The predicted molar refractivity (Wildman–Crippen MR) is 96.6 cm³/mol.